The summed E-state index contributed by atoms with van der Waals surface area (Å²) < 4.78 is 16.3. The van der Waals surface area contributed by atoms with E-state index >= 15 is 0 Å². The summed E-state index contributed by atoms with van der Waals surface area (Å²) in [4.78, 5) is 12.0. The van der Waals surface area contributed by atoms with E-state index in [-0.39, 0.29) is 17.5 Å². The normalized spacial score (nSPS) is 39.4. The molecule has 1 saturated carbocycles. The van der Waals surface area contributed by atoms with Gasteiger partial charge in [0.15, 0.2) is 5.79 Å². The third kappa shape index (κ3) is 1.47. The van der Waals surface area contributed by atoms with Crippen LogP contribution in [-0.2, 0) is 19.0 Å². The first-order valence-corrected chi connectivity index (χ1v) is 5.65. The number of rotatable bonds is 2. The van der Waals surface area contributed by atoms with E-state index in [0.717, 1.165) is 6.42 Å². The van der Waals surface area contributed by atoms with Crippen LogP contribution < -0.4 is 0 Å². The van der Waals surface area contributed by atoms with Crippen molar-refractivity contribution in [3.8, 4) is 0 Å². The monoisotopic (exact) mass is 228 g/mol. The van der Waals surface area contributed by atoms with Crippen molar-refractivity contribution < 1.29 is 19.0 Å². The quantitative estimate of drug-likeness (QED) is 0.675. The maximum absolute atomic E-state index is 12.0. The molecule has 0 aromatic rings. The number of ether oxygens (including phenoxy) is 3. The molecule has 4 nitrogen and oxygen atoms in total. The van der Waals surface area contributed by atoms with Gasteiger partial charge in [-0.25, -0.2) is 0 Å². The molecule has 4 heteroatoms. The highest BCUT2D eigenvalue weighted by molar-refractivity contribution is 5.82. The number of carbonyl (C=O) groups is 1. The van der Waals surface area contributed by atoms with Gasteiger partial charge in [-0.05, 0) is 25.7 Å². The Hall–Kier alpha value is -0.610. The van der Waals surface area contributed by atoms with E-state index in [1.807, 2.05) is 13.8 Å². The van der Waals surface area contributed by atoms with Crippen molar-refractivity contribution in [3.05, 3.63) is 0 Å². The van der Waals surface area contributed by atoms with Crippen LogP contribution in [0.15, 0.2) is 0 Å². The molecular weight excluding hydrogens is 208 g/mol. The zero-order valence-corrected chi connectivity index (χ0v) is 10.6. The maximum atomic E-state index is 12.0. The van der Waals surface area contributed by atoms with Crippen molar-refractivity contribution in [2.75, 3.05) is 13.7 Å². The number of methoxy groups -OCH3 is 1. The van der Waals surface area contributed by atoms with Crippen molar-refractivity contribution in [2.24, 2.45) is 10.8 Å². The average molecular weight is 228 g/mol. The van der Waals surface area contributed by atoms with Crippen LogP contribution in [0, 0.1) is 10.8 Å². The molecular formula is C12H20O4. The first kappa shape index (κ1) is 11.9. The molecule has 2 fully saturated rings. The first-order valence-electron chi connectivity index (χ1n) is 5.65. The van der Waals surface area contributed by atoms with E-state index in [9.17, 15) is 4.79 Å². The number of carbonyl (C=O) groups excluding carboxylic acids is 1. The second kappa shape index (κ2) is 3.20. The van der Waals surface area contributed by atoms with Gasteiger partial charge < -0.3 is 14.2 Å². The lowest BCUT2D eigenvalue weighted by molar-refractivity contribution is -0.167. The summed E-state index contributed by atoms with van der Waals surface area (Å²) in [6, 6.07) is 0. The summed E-state index contributed by atoms with van der Waals surface area (Å²) in [7, 11) is 1.43. The summed E-state index contributed by atoms with van der Waals surface area (Å²) in [5, 5.41) is 0. The topological polar surface area (TPSA) is 44.8 Å². The average Bonchev–Trinajstić information content (AvgIpc) is 2.56. The molecule has 1 saturated heterocycles. The highest BCUT2D eigenvalue weighted by Crippen LogP contribution is 2.67. The minimum Gasteiger partial charge on any atom is -0.468 e. The largest absolute Gasteiger partial charge is 0.468 e. The van der Waals surface area contributed by atoms with E-state index in [1.165, 1.54) is 7.11 Å². The second-order valence-corrected chi connectivity index (χ2v) is 5.84. The summed E-state index contributed by atoms with van der Waals surface area (Å²) in [6.07, 6.45) is 0.612. The molecule has 2 rings (SSSR count). The molecule has 0 amide bonds. The fourth-order valence-electron chi connectivity index (χ4n) is 2.79. The first-order chi connectivity index (χ1) is 7.25. The Balaban J connectivity index is 2.21. The van der Waals surface area contributed by atoms with Gasteiger partial charge in [-0.2, -0.15) is 0 Å². The Morgan fingerprint density at radius 1 is 1.31 bits per heavy atom. The van der Waals surface area contributed by atoms with Crippen LogP contribution in [-0.4, -0.2) is 31.6 Å². The molecule has 1 heterocycles. The molecule has 0 spiro atoms. The minimum absolute atomic E-state index is 0.0610. The smallest absolute Gasteiger partial charge is 0.315 e. The second-order valence-electron chi connectivity index (χ2n) is 5.84. The molecule has 1 aliphatic heterocycles. The summed E-state index contributed by atoms with van der Waals surface area (Å²) in [5.41, 5.74) is -0.579. The SMILES string of the molecule is COC(=O)[C@]1([C@@H]2COC(C)(C)O2)CC1(C)C. The molecule has 0 aromatic carbocycles. The van der Waals surface area contributed by atoms with Crippen LogP contribution in [0.25, 0.3) is 0 Å². The van der Waals surface area contributed by atoms with Crippen molar-refractivity contribution in [1.29, 1.82) is 0 Å². The van der Waals surface area contributed by atoms with Gasteiger partial charge in [-0.15, -0.1) is 0 Å². The van der Waals surface area contributed by atoms with Gasteiger partial charge in [-0.3, -0.25) is 4.79 Å². The highest BCUT2D eigenvalue weighted by Gasteiger charge is 2.73. The highest BCUT2D eigenvalue weighted by atomic mass is 16.7. The Labute approximate surface area is 96.2 Å². The van der Waals surface area contributed by atoms with Crippen LogP contribution >= 0.6 is 0 Å². The fraction of sp³-hybridized carbons (Fsp3) is 0.917. The van der Waals surface area contributed by atoms with Crippen molar-refractivity contribution in [3.63, 3.8) is 0 Å². The van der Waals surface area contributed by atoms with Gasteiger partial charge in [0.2, 0.25) is 0 Å². The lowest BCUT2D eigenvalue weighted by Gasteiger charge is -2.25. The van der Waals surface area contributed by atoms with Crippen molar-refractivity contribution in [2.45, 2.75) is 46.0 Å². The molecule has 0 radical (unpaired) electrons. The summed E-state index contributed by atoms with van der Waals surface area (Å²) in [6.45, 7) is 8.34. The third-order valence-electron chi connectivity index (χ3n) is 3.91. The molecule has 1 aliphatic carbocycles. The number of hydrogen-bond donors (Lipinski definition) is 0. The van der Waals surface area contributed by atoms with Gasteiger partial charge in [-0.1, -0.05) is 13.8 Å². The zero-order valence-electron chi connectivity index (χ0n) is 10.6. The molecule has 92 valence electrons. The van der Waals surface area contributed by atoms with Gasteiger partial charge in [0.05, 0.1) is 13.7 Å². The van der Waals surface area contributed by atoms with E-state index in [4.69, 9.17) is 14.2 Å². The van der Waals surface area contributed by atoms with Crippen LogP contribution in [0.3, 0.4) is 0 Å². The molecule has 0 N–H and O–H groups in total. The Kier molecular flexibility index (Phi) is 2.37. The van der Waals surface area contributed by atoms with Crippen LogP contribution in [0.4, 0.5) is 0 Å². The molecule has 16 heavy (non-hydrogen) atoms. The van der Waals surface area contributed by atoms with Crippen molar-refractivity contribution in [1.82, 2.24) is 0 Å². The van der Waals surface area contributed by atoms with E-state index < -0.39 is 11.2 Å². The van der Waals surface area contributed by atoms with Crippen LogP contribution in [0.2, 0.25) is 0 Å². The van der Waals surface area contributed by atoms with E-state index in [1.54, 1.807) is 0 Å². The Morgan fingerprint density at radius 2 is 1.88 bits per heavy atom. The van der Waals surface area contributed by atoms with E-state index in [2.05, 4.69) is 13.8 Å². The maximum Gasteiger partial charge on any atom is 0.315 e. The molecule has 2 aliphatic rings. The minimum atomic E-state index is -0.593. The zero-order chi connectivity index (χ0) is 12.2. The van der Waals surface area contributed by atoms with Crippen molar-refractivity contribution >= 4 is 5.97 Å². The predicted molar refractivity (Wildman–Crippen MR) is 57.8 cm³/mol. The molecule has 0 bridgehead atoms. The van der Waals surface area contributed by atoms with Gasteiger partial charge in [0.1, 0.15) is 11.5 Å². The summed E-state index contributed by atoms with van der Waals surface area (Å²) >= 11 is 0. The lowest BCUT2D eigenvalue weighted by atomic mass is 9.90. The van der Waals surface area contributed by atoms with Gasteiger partial charge >= 0.3 is 5.97 Å². The molecule has 2 atom stereocenters. The van der Waals surface area contributed by atoms with Crippen LogP contribution in [0.1, 0.15) is 34.1 Å². The lowest BCUT2D eigenvalue weighted by Crippen LogP contribution is -2.38. The molecule has 0 unspecified atom stereocenters. The van der Waals surface area contributed by atoms with Gasteiger partial charge in [0, 0.05) is 0 Å². The number of esters is 1. The van der Waals surface area contributed by atoms with E-state index in [0.29, 0.717) is 6.61 Å². The van der Waals surface area contributed by atoms with Gasteiger partial charge in [0.25, 0.3) is 0 Å². The third-order valence-corrected chi connectivity index (χ3v) is 3.91. The fourth-order valence-corrected chi connectivity index (χ4v) is 2.79. The Bertz CT molecular complexity index is 321. The van der Waals surface area contributed by atoms with Crippen LogP contribution in [0.5, 0.6) is 0 Å². The standard InChI is InChI=1S/C12H20O4/c1-10(2)7-12(10,9(13)14-5)8-6-15-11(3,4)16-8/h8H,6-7H2,1-5H3/t8-,12+/m0/s1. The summed E-state index contributed by atoms with van der Waals surface area (Å²) in [5.74, 6) is -0.770. The predicted octanol–water partition coefficient (Wildman–Crippen LogP) is 1.73. The molecule has 0 aromatic heterocycles. The number of hydrogen-bond acceptors (Lipinski definition) is 4. The Morgan fingerprint density at radius 3 is 2.19 bits per heavy atom.